The van der Waals surface area contributed by atoms with Crippen LogP contribution in [0.25, 0.3) is 10.8 Å². The van der Waals surface area contributed by atoms with Crippen molar-refractivity contribution in [1.29, 1.82) is 0 Å². The van der Waals surface area contributed by atoms with Gasteiger partial charge in [0.2, 0.25) is 0 Å². The van der Waals surface area contributed by atoms with E-state index < -0.39 is 6.10 Å². The van der Waals surface area contributed by atoms with Crippen molar-refractivity contribution in [3.8, 4) is 23.0 Å². The number of rotatable bonds is 9. The maximum atomic E-state index is 10.7. The molecule has 1 N–H and O–H groups in total. The number of methoxy groups -OCH3 is 4. The molecule has 0 amide bonds. The van der Waals surface area contributed by atoms with Crippen LogP contribution in [0.3, 0.4) is 0 Å². The monoisotopic (exact) mass is 348 g/mol. The van der Waals surface area contributed by atoms with Gasteiger partial charge in [-0.15, -0.1) is 0 Å². The summed E-state index contributed by atoms with van der Waals surface area (Å²) >= 11 is 0. The van der Waals surface area contributed by atoms with Crippen LogP contribution in [0.2, 0.25) is 0 Å². The molecule has 0 saturated heterocycles. The Kier molecular flexibility index (Phi) is 6.76. The summed E-state index contributed by atoms with van der Waals surface area (Å²) in [6.45, 7) is 2.14. The minimum atomic E-state index is -0.629. The van der Waals surface area contributed by atoms with Gasteiger partial charge in [-0.25, -0.2) is 0 Å². The Morgan fingerprint density at radius 1 is 0.840 bits per heavy atom. The number of unbranched alkanes of at least 4 members (excludes halogenated alkanes) is 2. The second-order valence-electron chi connectivity index (χ2n) is 5.93. The number of benzene rings is 2. The van der Waals surface area contributed by atoms with Crippen molar-refractivity contribution < 1.29 is 24.1 Å². The van der Waals surface area contributed by atoms with E-state index >= 15 is 0 Å². The molecule has 2 rings (SSSR count). The van der Waals surface area contributed by atoms with E-state index in [2.05, 4.69) is 6.92 Å². The smallest absolute Gasteiger partial charge is 0.136 e. The van der Waals surface area contributed by atoms with E-state index in [4.69, 9.17) is 18.9 Å². The van der Waals surface area contributed by atoms with E-state index in [9.17, 15) is 5.11 Å². The molecule has 0 radical (unpaired) electrons. The summed E-state index contributed by atoms with van der Waals surface area (Å²) in [5, 5.41) is 12.2. The van der Waals surface area contributed by atoms with E-state index in [0.717, 1.165) is 30.0 Å². The van der Waals surface area contributed by atoms with Gasteiger partial charge in [-0.05, 0) is 24.6 Å². The van der Waals surface area contributed by atoms with Crippen LogP contribution in [0, 0.1) is 0 Å². The molecule has 0 aromatic heterocycles. The Balaban J connectivity index is 2.71. The maximum absolute atomic E-state index is 10.7. The minimum absolute atomic E-state index is 0.593. The summed E-state index contributed by atoms with van der Waals surface area (Å²) in [6, 6.07) is 5.50. The van der Waals surface area contributed by atoms with Crippen molar-refractivity contribution in [2.75, 3.05) is 28.4 Å². The Labute approximate surface area is 149 Å². The third-order valence-electron chi connectivity index (χ3n) is 4.46. The van der Waals surface area contributed by atoms with Gasteiger partial charge in [0.1, 0.15) is 23.0 Å². The summed E-state index contributed by atoms with van der Waals surface area (Å²) in [7, 11) is 6.42. The van der Waals surface area contributed by atoms with Gasteiger partial charge >= 0.3 is 0 Å². The van der Waals surface area contributed by atoms with Gasteiger partial charge in [0.15, 0.2) is 0 Å². The minimum Gasteiger partial charge on any atom is -0.496 e. The normalized spacial score (nSPS) is 12.1. The van der Waals surface area contributed by atoms with Gasteiger partial charge in [-0.2, -0.15) is 0 Å². The van der Waals surface area contributed by atoms with Gasteiger partial charge in [0, 0.05) is 5.56 Å². The first-order valence-electron chi connectivity index (χ1n) is 8.60. The summed E-state index contributed by atoms with van der Waals surface area (Å²) < 4.78 is 22.3. The standard InChI is InChI=1S/C20H28O5/c1-6-7-8-9-14(21)13-12-17(24-4)18-15(22-2)10-11-16(23-3)19(18)20(13)25-5/h10-12,14,21H,6-9H2,1-5H3. The molecule has 0 fully saturated rings. The molecule has 0 saturated carbocycles. The molecule has 138 valence electrons. The van der Waals surface area contributed by atoms with Crippen molar-refractivity contribution in [2.45, 2.75) is 38.7 Å². The third kappa shape index (κ3) is 3.76. The number of hydrogen-bond acceptors (Lipinski definition) is 5. The number of fused-ring (bicyclic) bond motifs is 1. The van der Waals surface area contributed by atoms with E-state index in [-0.39, 0.29) is 0 Å². The van der Waals surface area contributed by atoms with Gasteiger partial charge in [-0.1, -0.05) is 26.2 Å². The zero-order chi connectivity index (χ0) is 18.4. The molecular formula is C20H28O5. The van der Waals surface area contributed by atoms with Crippen molar-refractivity contribution >= 4 is 10.8 Å². The molecule has 0 aliphatic carbocycles. The first-order chi connectivity index (χ1) is 12.1. The quantitative estimate of drug-likeness (QED) is 0.677. The van der Waals surface area contributed by atoms with Crippen LogP contribution in [0.4, 0.5) is 0 Å². The fourth-order valence-corrected chi connectivity index (χ4v) is 3.17. The van der Waals surface area contributed by atoms with Crippen molar-refractivity contribution in [3.63, 3.8) is 0 Å². The number of ether oxygens (including phenoxy) is 4. The van der Waals surface area contributed by atoms with Crippen molar-refractivity contribution in [2.24, 2.45) is 0 Å². The van der Waals surface area contributed by atoms with Gasteiger partial charge < -0.3 is 24.1 Å². The number of aliphatic hydroxyl groups excluding tert-OH is 1. The van der Waals surface area contributed by atoms with E-state index in [0.29, 0.717) is 35.0 Å². The van der Waals surface area contributed by atoms with E-state index in [1.165, 1.54) is 0 Å². The molecule has 1 atom stereocenters. The molecule has 2 aromatic carbocycles. The average Bonchev–Trinajstić information content (AvgIpc) is 2.65. The SMILES string of the molecule is CCCCCC(O)c1cc(OC)c2c(OC)ccc(OC)c2c1OC. The second kappa shape index (κ2) is 8.81. The lowest BCUT2D eigenvalue weighted by atomic mass is 9.96. The molecule has 0 aliphatic rings. The highest BCUT2D eigenvalue weighted by Gasteiger charge is 2.24. The molecule has 25 heavy (non-hydrogen) atoms. The van der Waals surface area contributed by atoms with Crippen molar-refractivity contribution in [1.82, 2.24) is 0 Å². The topological polar surface area (TPSA) is 57.2 Å². The second-order valence-corrected chi connectivity index (χ2v) is 5.93. The van der Waals surface area contributed by atoms with Gasteiger partial charge in [0.05, 0.1) is 45.3 Å². The van der Waals surface area contributed by atoms with Crippen LogP contribution in [0.15, 0.2) is 18.2 Å². The number of hydrogen-bond donors (Lipinski definition) is 1. The van der Waals surface area contributed by atoms with E-state index in [1.807, 2.05) is 18.2 Å². The summed E-state index contributed by atoms with van der Waals surface area (Å²) in [5.74, 6) is 2.53. The highest BCUT2D eigenvalue weighted by molar-refractivity contribution is 6.03. The van der Waals surface area contributed by atoms with E-state index in [1.54, 1.807) is 28.4 Å². The molecule has 1 unspecified atom stereocenters. The molecule has 0 heterocycles. The maximum Gasteiger partial charge on any atom is 0.136 e. The van der Waals surface area contributed by atoms with Crippen LogP contribution in [0.1, 0.15) is 44.3 Å². The van der Waals surface area contributed by atoms with Crippen LogP contribution in [-0.2, 0) is 0 Å². The summed E-state index contributed by atoms with van der Waals surface area (Å²) in [4.78, 5) is 0. The van der Waals surface area contributed by atoms with Gasteiger partial charge in [-0.3, -0.25) is 0 Å². The molecule has 0 bridgehead atoms. The fourth-order valence-electron chi connectivity index (χ4n) is 3.17. The molecule has 0 aliphatic heterocycles. The lowest BCUT2D eigenvalue weighted by molar-refractivity contribution is 0.159. The first kappa shape index (κ1) is 19.2. The van der Waals surface area contributed by atoms with Crippen LogP contribution in [-0.4, -0.2) is 33.5 Å². The lowest BCUT2D eigenvalue weighted by Crippen LogP contribution is -2.04. The Bertz CT molecular complexity index is 711. The van der Waals surface area contributed by atoms with Crippen LogP contribution < -0.4 is 18.9 Å². The van der Waals surface area contributed by atoms with Crippen LogP contribution >= 0.6 is 0 Å². The average molecular weight is 348 g/mol. The number of aliphatic hydroxyl groups is 1. The van der Waals surface area contributed by atoms with Crippen LogP contribution in [0.5, 0.6) is 23.0 Å². The first-order valence-corrected chi connectivity index (χ1v) is 8.60. The van der Waals surface area contributed by atoms with Gasteiger partial charge in [0.25, 0.3) is 0 Å². The highest BCUT2D eigenvalue weighted by Crippen LogP contribution is 2.48. The molecule has 0 spiro atoms. The lowest BCUT2D eigenvalue weighted by Gasteiger charge is -2.21. The zero-order valence-corrected chi connectivity index (χ0v) is 15.7. The fraction of sp³-hybridized carbons (Fsp3) is 0.500. The molecule has 5 heteroatoms. The molecule has 5 nitrogen and oxygen atoms in total. The Morgan fingerprint density at radius 3 is 1.96 bits per heavy atom. The summed E-state index contributed by atoms with van der Waals surface area (Å²) in [6.07, 6.45) is 3.19. The molecular weight excluding hydrogens is 320 g/mol. The Morgan fingerprint density at radius 2 is 1.44 bits per heavy atom. The highest BCUT2D eigenvalue weighted by atomic mass is 16.5. The third-order valence-corrected chi connectivity index (χ3v) is 4.46. The molecule has 2 aromatic rings. The summed E-state index contributed by atoms with van der Waals surface area (Å²) in [5.41, 5.74) is 0.703. The largest absolute Gasteiger partial charge is 0.496 e. The van der Waals surface area contributed by atoms with Crippen molar-refractivity contribution in [3.05, 3.63) is 23.8 Å². The predicted molar refractivity (Wildman–Crippen MR) is 99.3 cm³/mol. The predicted octanol–water partition coefficient (Wildman–Crippen LogP) is 4.49. The Hall–Kier alpha value is -2.14. The zero-order valence-electron chi connectivity index (χ0n) is 15.7.